The van der Waals surface area contributed by atoms with Crippen molar-refractivity contribution in [2.45, 2.75) is 56.8 Å². The van der Waals surface area contributed by atoms with Gasteiger partial charge in [-0.05, 0) is 56.3 Å². The van der Waals surface area contributed by atoms with Crippen molar-refractivity contribution in [2.24, 2.45) is 0 Å². The van der Waals surface area contributed by atoms with E-state index in [9.17, 15) is 0 Å². The molecule has 0 atom stereocenters. The van der Waals surface area contributed by atoms with Crippen molar-refractivity contribution in [1.29, 1.82) is 0 Å². The summed E-state index contributed by atoms with van der Waals surface area (Å²) in [6.45, 7) is 6.53. The first-order chi connectivity index (χ1) is 17.2. The Labute approximate surface area is 214 Å². The topological polar surface area (TPSA) is 65.6 Å². The highest BCUT2D eigenvalue weighted by molar-refractivity contribution is 7.80. The molecule has 2 aromatic rings. The minimum absolute atomic E-state index is 0.0146. The summed E-state index contributed by atoms with van der Waals surface area (Å²) in [5.74, 6) is 2.61. The normalized spacial score (nSPS) is 20.3. The summed E-state index contributed by atoms with van der Waals surface area (Å²) >= 11 is 5.74. The average molecular weight is 495 g/mol. The van der Waals surface area contributed by atoms with Crippen LogP contribution < -0.4 is 20.4 Å². The minimum Gasteiger partial charge on any atom is -0.381 e. The van der Waals surface area contributed by atoms with E-state index in [-0.39, 0.29) is 5.41 Å². The summed E-state index contributed by atoms with van der Waals surface area (Å²) in [7, 11) is 0. The molecule has 1 aromatic heterocycles. The molecule has 0 spiro atoms. The molecule has 2 N–H and O–H groups in total. The number of benzene rings is 1. The zero-order valence-electron chi connectivity index (χ0n) is 20.7. The molecule has 5 rings (SSSR count). The van der Waals surface area contributed by atoms with E-state index >= 15 is 0 Å². The van der Waals surface area contributed by atoms with Crippen molar-refractivity contribution >= 4 is 34.9 Å². The number of hydrogen-bond acceptors (Lipinski definition) is 6. The van der Waals surface area contributed by atoms with Crippen LogP contribution in [0.25, 0.3) is 0 Å². The van der Waals surface area contributed by atoms with E-state index in [4.69, 9.17) is 26.9 Å². The van der Waals surface area contributed by atoms with Gasteiger partial charge >= 0.3 is 0 Å². The Hall–Kier alpha value is -2.45. The minimum atomic E-state index is 0.0146. The molecule has 0 aliphatic carbocycles. The SMILES string of the molecule is S=C(NCC1(c2ccccc2)CCOCC1)Nc1nc(N2CCCCCC2)cc(N2CCCC2)n1. The van der Waals surface area contributed by atoms with E-state index in [0.29, 0.717) is 11.1 Å². The molecule has 35 heavy (non-hydrogen) atoms. The first kappa shape index (κ1) is 24.3. The molecule has 3 fully saturated rings. The summed E-state index contributed by atoms with van der Waals surface area (Å²) in [6, 6.07) is 12.9. The predicted octanol–water partition coefficient (Wildman–Crippen LogP) is 4.49. The second-order valence-electron chi connectivity index (χ2n) is 10.1. The molecule has 1 aromatic carbocycles. The third-order valence-electron chi connectivity index (χ3n) is 7.71. The van der Waals surface area contributed by atoms with Gasteiger partial charge < -0.3 is 25.2 Å². The molecule has 3 aliphatic heterocycles. The van der Waals surface area contributed by atoms with Gasteiger partial charge in [-0.1, -0.05) is 43.2 Å². The van der Waals surface area contributed by atoms with Gasteiger partial charge in [-0.3, -0.25) is 0 Å². The lowest BCUT2D eigenvalue weighted by molar-refractivity contribution is 0.0515. The standard InChI is InChI=1S/C27H38N6OS/c35-26(28-21-27(12-18-34-19-13-27)22-10-4-3-5-11-22)31-25-29-23(32-14-6-1-2-7-15-32)20-24(30-25)33-16-8-9-17-33/h3-5,10-11,20H,1-2,6-9,12-19,21H2,(H2,28,29,30,31,35). The number of ether oxygens (including phenoxy) is 1. The molecule has 4 heterocycles. The van der Waals surface area contributed by atoms with Crippen molar-refractivity contribution in [3.05, 3.63) is 42.0 Å². The Morgan fingerprint density at radius 2 is 1.43 bits per heavy atom. The molecule has 3 aliphatic rings. The molecule has 0 radical (unpaired) electrons. The quantitative estimate of drug-likeness (QED) is 0.570. The maximum absolute atomic E-state index is 5.74. The fourth-order valence-electron chi connectivity index (χ4n) is 5.56. The van der Waals surface area contributed by atoms with Crippen LogP contribution in [-0.4, -0.2) is 61.0 Å². The molecule has 0 bridgehead atoms. The van der Waals surface area contributed by atoms with E-state index in [0.717, 1.165) is 70.4 Å². The van der Waals surface area contributed by atoms with E-state index < -0.39 is 0 Å². The van der Waals surface area contributed by atoms with Crippen molar-refractivity contribution < 1.29 is 4.74 Å². The van der Waals surface area contributed by atoms with E-state index in [1.165, 1.54) is 44.1 Å². The zero-order chi connectivity index (χ0) is 23.9. The van der Waals surface area contributed by atoms with Crippen molar-refractivity contribution in [3.8, 4) is 0 Å². The molecule has 0 saturated carbocycles. The largest absolute Gasteiger partial charge is 0.381 e. The lowest BCUT2D eigenvalue weighted by atomic mass is 9.74. The van der Waals surface area contributed by atoms with Gasteiger partial charge in [0.15, 0.2) is 5.11 Å². The van der Waals surface area contributed by atoms with Crippen molar-refractivity contribution in [3.63, 3.8) is 0 Å². The summed E-state index contributed by atoms with van der Waals surface area (Å²) in [5, 5.41) is 7.39. The van der Waals surface area contributed by atoms with Crippen molar-refractivity contribution in [2.75, 3.05) is 61.1 Å². The second-order valence-corrected chi connectivity index (χ2v) is 10.5. The molecule has 0 unspecified atom stereocenters. The van der Waals surface area contributed by atoms with E-state index in [1.54, 1.807) is 0 Å². The number of aromatic nitrogens is 2. The molecule has 188 valence electrons. The van der Waals surface area contributed by atoms with E-state index in [2.05, 4.69) is 56.8 Å². The number of anilines is 3. The van der Waals surface area contributed by atoms with Crippen LogP contribution in [0.2, 0.25) is 0 Å². The third-order valence-corrected chi connectivity index (χ3v) is 7.95. The van der Waals surface area contributed by atoms with Crippen LogP contribution in [0.4, 0.5) is 17.6 Å². The van der Waals surface area contributed by atoms with Crippen molar-refractivity contribution in [1.82, 2.24) is 15.3 Å². The molecule has 0 amide bonds. The van der Waals surface area contributed by atoms with Gasteiger partial charge in [0.2, 0.25) is 5.95 Å². The van der Waals surface area contributed by atoms with Crippen LogP contribution in [0.1, 0.15) is 56.9 Å². The number of hydrogen-bond donors (Lipinski definition) is 2. The average Bonchev–Trinajstić information content (AvgIpc) is 3.31. The first-order valence-corrected chi connectivity index (χ1v) is 13.7. The number of nitrogens with zero attached hydrogens (tertiary/aromatic N) is 4. The van der Waals surface area contributed by atoms with Gasteiger partial charge in [-0.2, -0.15) is 9.97 Å². The highest BCUT2D eigenvalue weighted by Crippen LogP contribution is 2.34. The summed E-state index contributed by atoms with van der Waals surface area (Å²) in [6.07, 6.45) is 9.43. The highest BCUT2D eigenvalue weighted by atomic mass is 32.1. The number of thiocarbonyl (C=S) groups is 1. The third kappa shape index (κ3) is 6.04. The highest BCUT2D eigenvalue weighted by Gasteiger charge is 2.34. The van der Waals surface area contributed by atoms with Crippen LogP contribution in [0.15, 0.2) is 36.4 Å². The summed E-state index contributed by atoms with van der Waals surface area (Å²) in [4.78, 5) is 14.6. The van der Waals surface area contributed by atoms with Gasteiger partial charge in [0.25, 0.3) is 0 Å². The van der Waals surface area contributed by atoms with Crippen LogP contribution >= 0.6 is 12.2 Å². The molecular weight excluding hydrogens is 456 g/mol. The Balaban J connectivity index is 1.31. The van der Waals surface area contributed by atoms with Crippen LogP contribution in [0.3, 0.4) is 0 Å². The molecular formula is C27H38N6OS. The molecule has 7 nitrogen and oxygen atoms in total. The zero-order valence-corrected chi connectivity index (χ0v) is 21.5. The number of nitrogens with one attached hydrogen (secondary N) is 2. The maximum Gasteiger partial charge on any atom is 0.232 e. The monoisotopic (exact) mass is 494 g/mol. The summed E-state index contributed by atoms with van der Waals surface area (Å²) in [5.41, 5.74) is 1.36. The Kier molecular flexibility index (Phi) is 7.99. The van der Waals surface area contributed by atoms with Gasteiger partial charge in [0, 0.05) is 57.4 Å². The van der Waals surface area contributed by atoms with Gasteiger partial charge in [-0.15, -0.1) is 0 Å². The maximum atomic E-state index is 5.74. The Bertz CT molecular complexity index is 967. The molecule has 8 heteroatoms. The number of rotatable bonds is 6. The van der Waals surface area contributed by atoms with Crippen LogP contribution in [0, 0.1) is 0 Å². The summed E-state index contributed by atoms with van der Waals surface area (Å²) < 4.78 is 5.68. The van der Waals surface area contributed by atoms with Crippen LogP contribution in [0.5, 0.6) is 0 Å². The smallest absolute Gasteiger partial charge is 0.232 e. The molecule has 3 saturated heterocycles. The Morgan fingerprint density at radius 3 is 2.03 bits per heavy atom. The van der Waals surface area contributed by atoms with E-state index in [1.807, 2.05) is 0 Å². The fraction of sp³-hybridized carbons (Fsp3) is 0.593. The van der Waals surface area contributed by atoms with Crippen LogP contribution in [-0.2, 0) is 10.2 Å². The fourth-order valence-corrected chi connectivity index (χ4v) is 5.73. The lowest BCUT2D eigenvalue weighted by Crippen LogP contribution is -2.45. The Morgan fingerprint density at radius 1 is 0.857 bits per heavy atom. The van der Waals surface area contributed by atoms with Gasteiger partial charge in [0.05, 0.1) is 0 Å². The van der Waals surface area contributed by atoms with Gasteiger partial charge in [-0.25, -0.2) is 0 Å². The van der Waals surface area contributed by atoms with Gasteiger partial charge in [0.1, 0.15) is 11.6 Å². The first-order valence-electron chi connectivity index (χ1n) is 13.3. The second kappa shape index (κ2) is 11.5. The lowest BCUT2D eigenvalue weighted by Gasteiger charge is -2.38. The predicted molar refractivity (Wildman–Crippen MR) is 147 cm³/mol.